The number of hydrogen-bond acceptors (Lipinski definition) is 6. The molecule has 1 aromatic carbocycles. The van der Waals surface area contributed by atoms with Crippen molar-refractivity contribution in [1.82, 2.24) is 14.5 Å². The molecule has 7 nitrogen and oxygen atoms in total. The third kappa shape index (κ3) is 5.19. The molecule has 1 aliphatic rings. The van der Waals surface area contributed by atoms with Crippen LogP contribution in [0.5, 0.6) is 0 Å². The van der Waals surface area contributed by atoms with E-state index in [4.69, 9.17) is 0 Å². The Morgan fingerprint density at radius 2 is 2.03 bits per heavy atom. The van der Waals surface area contributed by atoms with E-state index in [1.54, 1.807) is 4.90 Å². The van der Waals surface area contributed by atoms with Crippen molar-refractivity contribution in [2.24, 2.45) is 0 Å². The number of carbonyl (C=O) groups excluding carboxylic acids is 1. The zero-order valence-corrected chi connectivity index (χ0v) is 20.6. The Morgan fingerprint density at radius 3 is 2.70 bits per heavy atom. The molecule has 1 saturated heterocycles. The molecular weight excluding hydrogens is 458 g/mol. The molecule has 9 heteroatoms. The number of carbonyl (C=O) groups is 1. The summed E-state index contributed by atoms with van der Waals surface area (Å²) in [4.78, 5) is 33.2. The number of aryl methyl sites for hydroxylation is 2. The first-order valence-electron chi connectivity index (χ1n) is 11.3. The standard InChI is InChI=1S/C24H29N3O4S2/c1-3-4-11-27(19-10-13-33(30,31)15-19)21(28)9-12-26-16-25-23-22(24(26)29)20(14-32-23)18-7-5-17(2)6-8-18/h5-8,14,16,19H,3-4,9-13,15H2,1-2H3. The maximum atomic E-state index is 13.3. The number of aromatic nitrogens is 2. The van der Waals surface area contributed by atoms with E-state index in [0.717, 1.165) is 29.5 Å². The molecule has 1 fully saturated rings. The average molecular weight is 488 g/mol. The highest BCUT2D eigenvalue weighted by atomic mass is 32.2. The Labute approximate surface area is 198 Å². The molecule has 33 heavy (non-hydrogen) atoms. The molecular formula is C24H29N3O4S2. The number of benzene rings is 1. The lowest BCUT2D eigenvalue weighted by Crippen LogP contribution is -2.42. The van der Waals surface area contributed by atoms with E-state index in [1.807, 2.05) is 43.5 Å². The summed E-state index contributed by atoms with van der Waals surface area (Å²) in [7, 11) is -3.08. The van der Waals surface area contributed by atoms with Gasteiger partial charge in [0.05, 0.1) is 23.2 Å². The summed E-state index contributed by atoms with van der Waals surface area (Å²) in [6.07, 6.45) is 3.87. The van der Waals surface area contributed by atoms with Gasteiger partial charge in [-0.1, -0.05) is 43.2 Å². The molecule has 0 radical (unpaired) electrons. The van der Waals surface area contributed by atoms with Gasteiger partial charge >= 0.3 is 0 Å². The summed E-state index contributed by atoms with van der Waals surface area (Å²) in [5.74, 6) is 0.0554. The summed E-state index contributed by atoms with van der Waals surface area (Å²) in [6.45, 7) is 4.82. The quantitative estimate of drug-likeness (QED) is 0.484. The molecule has 1 atom stereocenters. The summed E-state index contributed by atoms with van der Waals surface area (Å²) in [5.41, 5.74) is 2.81. The predicted octanol–water partition coefficient (Wildman–Crippen LogP) is 3.64. The van der Waals surface area contributed by atoms with Crippen LogP contribution in [0.4, 0.5) is 0 Å². The van der Waals surface area contributed by atoms with Gasteiger partial charge in [0.2, 0.25) is 5.91 Å². The van der Waals surface area contributed by atoms with Gasteiger partial charge in [0.1, 0.15) is 4.83 Å². The lowest BCUT2D eigenvalue weighted by atomic mass is 10.1. The van der Waals surface area contributed by atoms with Crippen LogP contribution in [0.2, 0.25) is 0 Å². The fraction of sp³-hybridized carbons (Fsp3) is 0.458. The van der Waals surface area contributed by atoms with Crippen LogP contribution in [-0.2, 0) is 21.2 Å². The average Bonchev–Trinajstić information content (AvgIpc) is 3.37. The van der Waals surface area contributed by atoms with Gasteiger partial charge in [0.25, 0.3) is 5.56 Å². The Balaban J connectivity index is 1.55. The number of thiophene rings is 1. The number of rotatable bonds is 8. The van der Waals surface area contributed by atoms with Gasteiger partial charge in [-0.05, 0) is 25.3 Å². The Kier molecular flexibility index (Phi) is 6.99. The summed E-state index contributed by atoms with van der Waals surface area (Å²) >= 11 is 1.43. The number of sulfone groups is 1. The zero-order chi connectivity index (χ0) is 23.6. The lowest BCUT2D eigenvalue weighted by molar-refractivity contribution is -0.133. The zero-order valence-electron chi connectivity index (χ0n) is 19.0. The molecule has 3 aromatic rings. The lowest BCUT2D eigenvalue weighted by Gasteiger charge is -2.28. The van der Waals surface area contributed by atoms with E-state index in [-0.39, 0.29) is 42.0 Å². The number of unbranched alkanes of at least 4 members (excludes halogenated alkanes) is 1. The maximum Gasteiger partial charge on any atom is 0.262 e. The van der Waals surface area contributed by atoms with Gasteiger partial charge in [-0.15, -0.1) is 11.3 Å². The minimum atomic E-state index is -3.08. The van der Waals surface area contributed by atoms with E-state index < -0.39 is 9.84 Å². The monoisotopic (exact) mass is 487 g/mol. The smallest absolute Gasteiger partial charge is 0.262 e. The number of fused-ring (bicyclic) bond motifs is 1. The van der Waals surface area contributed by atoms with Crippen LogP contribution in [0.25, 0.3) is 21.3 Å². The third-order valence-corrected chi connectivity index (χ3v) is 8.85. The number of nitrogens with zero attached hydrogens (tertiary/aromatic N) is 3. The van der Waals surface area contributed by atoms with Crippen molar-refractivity contribution in [2.75, 3.05) is 18.1 Å². The summed E-state index contributed by atoms with van der Waals surface area (Å²) in [6, 6.07) is 7.76. The van der Waals surface area contributed by atoms with Crippen LogP contribution in [0.3, 0.4) is 0 Å². The van der Waals surface area contributed by atoms with Crippen molar-refractivity contribution in [2.45, 2.75) is 52.1 Å². The molecule has 0 N–H and O–H groups in total. The summed E-state index contributed by atoms with van der Waals surface area (Å²) < 4.78 is 25.4. The van der Waals surface area contributed by atoms with Gasteiger partial charge in [-0.3, -0.25) is 14.2 Å². The number of amides is 1. The molecule has 1 unspecified atom stereocenters. The second kappa shape index (κ2) is 9.77. The topological polar surface area (TPSA) is 89.3 Å². The predicted molar refractivity (Wildman–Crippen MR) is 132 cm³/mol. The van der Waals surface area contributed by atoms with E-state index in [0.29, 0.717) is 23.2 Å². The van der Waals surface area contributed by atoms with E-state index in [2.05, 4.69) is 4.98 Å². The van der Waals surface area contributed by atoms with Crippen molar-refractivity contribution < 1.29 is 13.2 Å². The van der Waals surface area contributed by atoms with Crippen molar-refractivity contribution in [3.63, 3.8) is 0 Å². The van der Waals surface area contributed by atoms with E-state index in [1.165, 1.54) is 22.2 Å². The molecule has 0 spiro atoms. The Bertz CT molecular complexity index is 1310. The van der Waals surface area contributed by atoms with Crippen LogP contribution in [-0.4, -0.2) is 52.9 Å². The van der Waals surface area contributed by atoms with Gasteiger partial charge in [-0.2, -0.15) is 0 Å². The van der Waals surface area contributed by atoms with Crippen LogP contribution in [0, 0.1) is 6.92 Å². The number of hydrogen-bond donors (Lipinski definition) is 0. The molecule has 176 valence electrons. The highest BCUT2D eigenvalue weighted by Crippen LogP contribution is 2.30. The highest BCUT2D eigenvalue weighted by molar-refractivity contribution is 7.91. The van der Waals surface area contributed by atoms with Crippen molar-refractivity contribution in [1.29, 1.82) is 0 Å². The van der Waals surface area contributed by atoms with Crippen molar-refractivity contribution in [3.05, 3.63) is 51.9 Å². The molecule has 2 aromatic heterocycles. The molecule has 0 saturated carbocycles. The van der Waals surface area contributed by atoms with Crippen LogP contribution >= 0.6 is 11.3 Å². The molecule has 0 bridgehead atoms. The minimum Gasteiger partial charge on any atom is -0.339 e. The molecule has 0 aliphatic carbocycles. The van der Waals surface area contributed by atoms with Crippen LogP contribution in [0.1, 0.15) is 38.2 Å². The Morgan fingerprint density at radius 1 is 1.27 bits per heavy atom. The van der Waals surface area contributed by atoms with Crippen LogP contribution in [0.15, 0.2) is 40.8 Å². The Hall–Kier alpha value is -2.52. The van der Waals surface area contributed by atoms with Gasteiger partial charge in [-0.25, -0.2) is 13.4 Å². The molecule has 1 aliphatic heterocycles. The van der Waals surface area contributed by atoms with Crippen molar-refractivity contribution in [3.8, 4) is 11.1 Å². The fourth-order valence-electron chi connectivity index (χ4n) is 4.29. The normalized spacial score (nSPS) is 17.5. The third-order valence-electron chi connectivity index (χ3n) is 6.21. The molecule has 3 heterocycles. The first-order chi connectivity index (χ1) is 15.8. The summed E-state index contributed by atoms with van der Waals surface area (Å²) in [5, 5.41) is 2.52. The van der Waals surface area contributed by atoms with Crippen molar-refractivity contribution >= 4 is 37.3 Å². The highest BCUT2D eigenvalue weighted by Gasteiger charge is 2.34. The second-order valence-corrected chi connectivity index (χ2v) is 11.8. The molecule has 1 amide bonds. The molecule has 4 rings (SSSR count). The SMILES string of the molecule is CCCCN(C(=O)CCn1cnc2scc(-c3ccc(C)cc3)c2c1=O)C1CCS(=O)(=O)C1. The van der Waals surface area contributed by atoms with Gasteiger partial charge in [0.15, 0.2) is 9.84 Å². The van der Waals surface area contributed by atoms with Crippen LogP contribution < -0.4 is 5.56 Å². The fourth-order valence-corrected chi connectivity index (χ4v) is 6.93. The maximum absolute atomic E-state index is 13.3. The first-order valence-corrected chi connectivity index (χ1v) is 14.0. The second-order valence-electron chi connectivity index (χ2n) is 8.69. The largest absolute Gasteiger partial charge is 0.339 e. The van der Waals surface area contributed by atoms with E-state index in [9.17, 15) is 18.0 Å². The van der Waals surface area contributed by atoms with Gasteiger partial charge in [0, 0.05) is 36.5 Å². The van der Waals surface area contributed by atoms with E-state index >= 15 is 0 Å². The van der Waals surface area contributed by atoms with Gasteiger partial charge < -0.3 is 4.90 Å². The first kappa shape index (κ1) is 23.6. The minimum absolute atomic E-state index is 0.0325.